The lowest BCUT2D eigenvalue weighted by molar-refractivity contribution is -0.133. The average Bonchev–Trinajstić information content (AvgIpc) is 2.96. The number of hydrogen-bond acceptors (Lipinski definition) is 4. The molecular weight excluding hydrogens is 328 g/mol. The third-order valence-electron chi connectivity index (χ3n) is 4.35. The first-order valence-electron chi connectivity index (χ1n) is 8.16. The number of methoxy groups -OCH3 is 1. The fourth-order valence-corrected chi connectivity index (χ4v) is 4.48. The van der Waals surface area contributed by atoms with Crippen molar-refractivity contribution in [2.45, 2.75) is 37.1 Å². The van der Waals surface area contributed by atoms with Gasteiger partial charge in [0.05, 0.1) is 10.4 Å². The van der Waals surface area contributed by atoms with Crippen LogP contribution in [-0.4, -0.2) is 51.6 Å². The van der Waals surface area contributed by atoms with Gasteiger partial charge in [-0.15, -0.1) is 0 Å². The van der Waals surface area contributed by atoms with Crippen molar-refractivity contribution in [1.29, 1.82) is 0 Å². The van der Waals surface area contributed by atoms with E-state index in [1.807, 2.05) is 13.8 Å². The first-order valence-corrected chi connectivity index (χ1v) is 9.65. The number of sulfonamides is 1. The molecule has 7 heteroatoms. The summed E-state index contributed by atoms with van der Waals surface area (Å²) >= 11 is 0. The molecule has 6 nitrogen and oxygen atoms in total. The molecule has 1 unspecified atom stereocenters. The van der Waals surface area contributed by atoms with Gasteiger partial charge in [-0.3, -0.25) is 4.79 Å². The SMILES string of the molecule is COCCC1(NS(=O)(=O)c2ccccc2)CCN(C(=O)C(C)C)C1. The van der Waals surface area contributed by atoms with Crippen LogP contribution in [0.4, 0.5) is 0 Å². The second-order valence-corrected chi connectivity index (χ2v) is 8.29. The van der Waals surface area contributed by atoms with Crippen LogP contribution in [0.5, 0.6) is 0 Å². The molecule has 0 spiro atoms. The molecule has 0 saturated carbocycles. The number of carbonyl (C=O) groups excluding carboxylic acids is 1. The Hall–Kier alpha value is -1.44. The molecule has 2 rings (SSSR count). The number of benzene rings is 1. The van der Waals surface area contributed by atoms with Gasteiger partial charge in [0.2, 0.25) is 15.9 Å². The summed E-state index contributed by atoms with van der Waals surface area (Å²) in [6.07, 6.45) is 1.11. The number of carbonyl (C=O) groups is 1. The standard InChI is InChI=1S/C17H26N2O4S/c1-14(2)16(20)19-11-9-17(13-19,10-12-23-3)18-24(21,22)15-7-5-4-6-8-15/h4-8,14,18H,9-13H2,1-3H3. The Balaban J connectivity index is 2.22. The number of likely N-dealkylation sites (tertiary alicyclic amines) is 1. The average molecular weight is 354 g/mol. The maximum atomic E-state index is 12.7. The summed E-state index contributed by atoms with van der Waals surface area (Å²) in [5.41, 5.74) is -0.685. The number of rotatable bonds is 7. The Bertz CT molecular complexity index is 660. The van der Waals surface area contributed by atoms with Crippen LogP contribution in [0.25, 0.3) is 0 Å². The van der Waals surface area contributed by atoms with E-state index in [-0.39, 0.29) is 16.7 Å². The van der Waals surface area contributed by atoms with Gasteiger partial charge in [-0.25, -0.2) is 13.1 Å². The van der Waals surface area contributed by atoms with Crippen LogP contribution in [0.2, 0.25) is 0 Å². The molecule has 0 aliphatic carbocycles. The topological polar surface area (TPSA) is 75.7 Å². The van der Waals surface area contributed by atoms with Crippen molar-refractivity contribution in [1.82, 2.24) is 9.62 Å². The van der Waals surface area contributed by atoms with Crippen molar-refractivity contribution in [3.63, 3.8) is 0 Å². The molecule has 134 valence electrons. The zero-order valence-electron chi connectivity index (χ0n) is 14.5. The molecule has 24 heavy (non-hydrogen) atoms. The van der Waals surface area contributed by atoms with Crippen LogP contribution in [0.15, 0.2) is 35.2 Å². The van der Waals surface area contributed by atoms with Gasteiger partial charge in [0.15, 0.2) is 0 Å². The number of ether oxygens (including phenoxy) is 1. The van der Waals surface area contributed by atoms with Crippen LogP contribution >= 0.6 is 0 Å². The Labute approximate surface area is 144 Å². The van der Waals surface area contributed by atoms with Gasteiger partial charge in [-0.2, -0.15) is 0 Å². The highest BCUT2D eigenvalue weighted by molar-refractivity contribution is 7.89. The largest absolute Gasteiger partial charge is 0.385 e. The minimum absolute atomic E-state index is 0.0493. The van der Waals surface area contributed by atoms with Crippen molar-refractivity contribution >= 4 is 15.9 Å². The predicted octanol–water partition coefficient (Wildman–Crippen LogP) is 1.63. The lowest BCUT2D eigenvalue weighted by Crippen LogP contribution is -2.51. The summed E-state index contributed by atoms with van der Waals surface area (Å²) in [6, 6.07) is 8.30. The number of nitrogens with zero attached hydrogens (tertiary/aromatic N) is 1. The van der Waals surface area contributed by atoms with E-state index in [4.69, 9.17) is 4.74 Å². The van der Waals surface area contributed by atoms with Gasteiger partial charge < -0.3 is 9.64 Å². The Kier molecular flexibility index (Phi) is 6.01. The van der Waals surface area contributed by atoms with Crippen LogP contribution in [0.1, 0.15) is 26.7 Å². The quantitative estimate of drug-likeness (QED) is 0.807. The minimum Gasteiger partial charge on any atom is -0.385 e. The van der Waals surface area contributed by atoms with E-state index in [1.165, 1.54) is 0 Å². The summed E-state index contributed by atoms with van der Waals surface area (Å²) in [5, 5.41) is 0. The molecular formula is C17H26N2O4S. The summed E-state index contributed by atoms with van der Waals surface area (Å²) in [5.74, 6) is -0.0536. The fraction of sp³-hybridized carbons (Fsp3) is 0.588. The first kappa shape index (κ1) is 18.9. The fourth-order valence-electron chi connectivity index (χ4n) is 3.01. The third-order valence-corrected chi connectivity index (χ3v) is 5.94. The monoisotopic (exact) mass is 354 g/mol. The minimum atomic E-state index is -3.65. The second kappa shape index (κ2) is 7.63. The zero-order valence-corrected chi connectivity index (χ0v) is 15.3. The van der Waals surface area contributed by atoms with Crippen LogP contribution in [0.3, 0.4) is 0 Å². The van der Waals surface area contributed by atoms with E-state index in [9.17, 15) is 13.2 Å². The van der Waals surface area contributed by atoms with Gasteiger partial charge >= 0.3 is 0 Å². The lowest BCUT2D eigenvalue weighted by Gasteiger charge is -2.30. The van der Waals surface area contributed by atoms with E-state index in [1.54, 1.807) is 42.3 Å². The predicted molar refractivity (Wildman–Crippen MR) is 92.0 cm³/mol. The van der Waals surface area contributed by atoms with Gasteiger partial charge in [-0.1, -0.05) is 32.0 Å². The van der Waals surface area contributed by atoms with Gasteiger partial charge in [0, 0.05) is 32.7 Å². The van der Waals surface area contributed by atoms with Gasteiger partial charge in [0.25, 0.3) is 0 Å². The van der Waals surface area contributed by atoms with Crippen molar-refractivity contribution < 1.29 is 17.9 Å². The van der Waals surface area contributed by atoms with E-state index in [2.05, 4.69) is 4.72 Å². The van der Waals surface area contributed by atoms with E-state index in [0.29, 0.717) is 32.5 Å². The first-order chi connectivity index (χ1) is 11.3. The summed E-state index contributed by atoms with van der Waals surface area (Å²) in [7, 11) is -2.06. The molecule has 0 radical (unpaired) electrons. The molecule has 1 aliphatic heterocycles. The molecule has 0 bridgehead atoms. The molecule has 1 atom stereocenters. The van der Waals surface area contributed by atoms with Gasteiger partial charge in [-0.05, 0) is 25.0 Å². The van der Waals surface area contributed by atoms with Crippen LogP contribution in [-0.2, 0) is 19.6 Å². The third kappa shape index (κ3) is 4.34. The normalized spacial score (nSPS) is 21.4. The molecule has 1 fully saturated rings. The van der Waals surface area contributed by atoms with E-state index >= 15 is 0 Å². The van der Waals surface area contributed by atoms with E-state index in [0.717, 1.165) is 0 Å². The van der Waals surface area contributed by atoms with Crippen molar-refractivity contribution in [3.8, 4) is 0 Å². The number of nitrogens with one attached hydrogen (secondary N) is 1. The van der Waals surface area contributed by atoms with Gasteiger partial charge in [0.1, 0.15) is 0 Å². The van der Waals surface area contributed by atoms with Crippen molar-refractivity contribution in [2.75, 3.05) is 26.8 Å². The summed E-state index contributed by atoms with van der Waals surface area (Å²) < 4.78 is 33.4. The molecule has 1 N–H and O–H groups in total. The Morgan fingerprint density at radius 1 is 1.33 bits per heavy atom. The Morgan fingerprint density at radius 2 is 2.00 bits per heavy atom. The second-order valence-electron chi connectivity index (χ2n) is 6.61. The highest BCUT2D eigenvalue weighted by Gasteiger charge is 2.43. The molecule has 1 saturated heterocycles. The highest BCUT2D eigenvalue weighted by Crippen LogP contribution is 2.28. The van der Waals surface area contributed by atoms with Crippen molar-refractivity contribution in [3.05, 3.63) is 30.3 Å². The number of hydrogen-bond donors (Lipinski definition) is 1. The molecule has 1 amide bonds. The van der Waals surface area contributed by atoms with Crippen molar-refractivity contribution in [2.24, 2.45) is 5.92 Å². The molecule has 1 aromatic rings. The molecule has 1 aromatic carbocycles. The molecule has 0 aromatic heterocycles. The molecule has 1 aliphatic rings. The number of amides is 1. The highest BCUT2D eigenvalue weighted by atomic mass is 32.2. The van der Waals surface area contributed by atoms with Crippen LogP contribution < -0.4 is 4.72 Å². The maximum Gasteiger partial charge on any atom is 0.241 e. The lowest BCUT2D eigenvalue weighted by atomic mass is 9.96. The zero-order chi connectivity index (χ0) is 17.8. The van der Waals surface area contributed by atoms with Crippen LogP contribution in [0, 0.1) is 5.92 Å². The maximum absolute atomic E-state index is 12.7. The molecule has 1 heterocycles. The summed E-state index contributed by atoms with van der Waals surface area (Å²) in [4.78, 5) is 14.2. The van der Waals surface area contributed by atoms with E-state index < -0.39 is 15.6 Å². The summed E-state index contributed by atoms with van der Waals surface area (Å²) in [6.45, 7) is 5.07. The smallest absolute Gasteiger partial charge is 0.241 e. The Morgan fingerprint density at radius 3 is 2.58 bits per heavy atom.